The van der Waals surface area contributed by atoms with Crippen molar-refractivity contribution in [2.75, 3.05) is 18.5 Å². The molecule has 0 aliphatic carbocycles. The number of halogens is 1. The molecule has 0 aromatic carbocycles. The van der Waals surface area contributed by atoms with Gasteiger partial charge in [0.15, 0.2) is 0 Å². The van der Waals surface area contributed by atoms with Crippen LogP contribution in [0.4, 0.5) is 5.95 Å². The summed E-state index contributed by atoms with van der Waals surface area (Å²) < 4.78 is 5.31. The summed E-state index contributed by atoms with van der Waals surface area (Å²) in [4.78, 5) is 23.5. The predicted octanol–water partition coefficient (Wildman–Crippen LogP) is 2.03. The van der Waals surface area contributed by atoms with E-state index in [9.17, 15) is 4.79 Å². The van der Waals surface area contributed by atoms with Gasteiger partial charge in [-0.25, -0.2) is 0 Å². The zero-order valence-electron chi connectivity index (χ0n) is 12.6. The maximum Gasteiger partial charge on any atom is 0.322 e. The van der Waals surface area contributed by atoms with Crippen molar-refractivity contribution >= 4 is 23.5 Å². The van der Waals surface area contributed by atoms with E-state index in [0.717, 1.165) is 12.8 Å². The van der Waals surface area contributed by atoms with Crippen molar-refractivity contribution in [3.8, 4) is 6.01 Å². The average Bonchev–Trinajstić information content (AvgIpc) is 2.44. The SMILES string of the molecule is CCCOc1nc(Cl)nc(NCCC(=O)NC(C)CC)n1. The number of hydrogen-bond donors (Lipinski definition) is 2. The topological polar surface area (TPSA) is 89.0 Å². The largest absolute Gasteiger partial charge is 0.463 e. The fourth-order valence-electron chi connectivity index (χ4n) is 1.41. The summed E-state index contributed by atoms with van der Waals surface area (Å²) in [6, 6.07) is 0.363. The second-order valence-corrected chi connectivity index (χ2v) is 4.95. The Balaban J connectivity index is 2.44. The van der Waals surface area contributed by atoms with Crippen molar-refractivity contribution < 1.29 is 9.53 Å². The van der Waals surface area contributed by atoms with Crippen molar-refractivity contribution in [2.24, 2.45) is 0 Å². The summed E-state index contributed by atoms with van der Waals surface area (Å²) in [6.07, 6.45) is 2.08. The Labute approximate surface area is 129 Å². The molecule has 21 heavy (non-hydrogen) atoms. The van der Waals surface area contributed by atoms with Crippen LogP contribution in [0.25, 0.3) is 0 Å². The molecule has 0 saturated heterocycles. The lowest BCUT2D eigenvalue weighted by atomic mass is 10.2. The molecule has 1 rings (SSSR count). The van der Waals surface area contributed by atoms with Gasteiger partial charge in [-0.2, -0.15) is 15.0 Å². The first kappa shape index (κ1) is 17.4. The molecule has 118 valence electrons. The highest BCUT2D eigenvalue weighted by Gasteiger charge is 2.08. The Bertz CT molecular complexity index is 458. The molecule has 1 heterocycles. The lowest BCUT2D eigenvalue weighted by Gasteiger charge is -2.11. The number of carbonyl (C=O) groups excluding carboxylic acids is 1. The molecule has 0 aliphatic heterocycles. The molecule has 0 spiro atoms. The van der Waals surface area contributed by atoms with Gasteiger partial charge in [-0.1, -0.05) is 13.8 Å². The van der Waals surface area contributed by atoms with Crippen LogP contribution in [0.5, 0.6) is 6.01 Å². The summed E-state index contributed by atoms with van der Waals surface area (Å²) in [5.74, 6) is 0.289. The van der Waals surface area contributed by atoms with Gasteiger partial charge in [0, 0.05) is 19.0 Å². The van der Waals surface area contributed by atoms with Gasteiger partial charge >= 0.3 is 6.01 Å². The number of carbonyl (C=O) groups is 1. The molecule has 1 atom stereocenters. The minimum absolute atomic E-state index is 0.0144. The Morgan fingerprint density at radius 1 is 1.33 bits per heavy atom. The molecule has 0 fully saturated rings. The first-order valence-corrected chi connectivity index (χ1v) is 7.50. The molecule has 1 aromatic heterocycles. The first-order valence-electron chi connectivity index (χ1n) is 7.12. The highest BCUT2D eigenvalue weighted by molar-refractivity contribution is 6.28. The van der Waals surface area contributed by atoms with Crippen LogP contribution in [0.15, 0.2) is 0 Å². The van der Waals surface area contributed by atoms with Gasteiger partial charge in [-0.3, -0.25) is 4.79 Å². The van der Waals surface area contributed by atoms with Crippen molar-refractivity contribution in [3.05, 3.63) is 5.28 Å². The number of nitrogens with zero attached hydrogens (tertiary/aromatic N) is 3. The summed E-state index contributed by atoms with van der Waals surface area (Å²) in [5, 5.41) is 5.88. The van der Waals surface area contributed by atoms with E-state index in [-0.39, 0.29) is 23.2 Å². The smallest absolute Gasteiger partial charge is 0.322 e. The molecule has 1 unspecified atom stereocenters. The molecule has 0 bridgehead atoms. The van der Waals surface area contributed by atoms with Crippen LogP contribution < -0.4 is 15.4 Å². The Morgan fingerprint density at radius 3 is 2.76 bits per heavy atom. The third kappa shape index (κ3) is 7.08. The summed E-state index contributed by atoms with van der Waals surface area (Å²) in [5.41, 5.74) is 0. The zero-order valence-corrected chi connectivity index (χ0v) is 13.4. The van der Waals surface area contributed by atoms with Crippen LogP contribution in [0.3, 0.4) is 0 Å². The van der Waals surface area contributed by atoms with Crippen LogP contribution in [0.1, 0.15) is 40.0 Å². The monoisotopic (exact) mass is 315 g/mol. The van der Waals surface area contributed by atoms with Crippen LogP contribution in [-0.4, -0.2) is 40.1 Å². The van der Waals surface area contributed by atoms with Gasteiger partial charge in [0.2, 0.25) is 17.1 Å². The summed E-state index contributed by atoms with van der Waals surface area (Å²) >= 11 is 5.80. The molecule has 0 radical (unpaired) electrons. The van der Waals surface area contributed by atoms with Gasteiger partial charge in [0.25, 0.3) is 0 Å². The number of nitrogens with one attached hydrogen (secondary N) is 2. The first-order chi connectivity index (χ1) is 10.0. The third-order valence-corrected chi connectivity index (χ3v) is 2.85. The maximum absolute atomic E-state index is 11.6. The van der Waals surface area contributed by atoms with Crippen molar-refractivity contribution in [3.63, 3.8) is 0 Å². The van der Waals surface area contributed by atoms with E-state index in [0.29, 0.717) is 25.5 Å². The predicted molar refractivity (Wildman–Crippen MR) is 81.6 cm³/mol. The quantitative estimate of drug-likeness (QED) is 0.725. The van der Waals surface area contributed by atoms with Gasteiger partial charge in [-0.05, 0) is 31.4 Å². The maximum atomic E-state index is 11.6. The Morgan fingerprint density at radius 2 is 2.10 bits per heavy atom. The summed E-state index contributed by atoms with van der Waals surface area (Å²) in [6.45, 7) is 6.90. The number of ether oxygens (including phenoxy) is 1. The number of rotatable bonds is 9. The normalized spacial score (nSPS) is 11.8. The molecular formula is C13H22ClN5O2. The highest BCUT2D eigenvalue weighted by Crippen LogP contribution is 2.11. The molecular weight excluding hydrogens is 294 g/mol. The summed E-state index contributed by atoms with van der Waals surface area (Å²) in [7, 11) is 0. The molecule has 1 aromatic rings. The fourth-order valence-corrected chi connectivity index (χ4v) is 1.56. The fraction of sp³-hybridized carbons (Fsp3) is 0.692. The van der Waals surface area contributed by atoms with Crippen molar-refractivity contribution in [1.82, 2.24) is 20.3 Å². The lowest BCUT2D eigenvalue weighted by Crippen LogP contribution is -2.33. The molecule has 0 saturated carbocycles. The van der Waals surface area contributed by atoms with Gasteiger partial charge < -0.3 is 15.4 Å². The van der Waals surface area contributed by atoms with E-state index in [1.807, 2.05) is 20.8 Å². The van der Waals surface area contributed by atoms with Crippen molar-refractivity contribution in [2.45, 2.75) is 46.1 Å². The van der Waals surface area contributed by atoms with E-state index >= 15 is 0 Å². The zero-order chi connectivity index (χ0) is 15.7. The number of hydrogen-bond acceptors (Lipinski definition) is 6. The second kappa shape index (κ2) is 9.33. The van der Waals surface area contributed by atoms with E-state index in [4.69, 9.17) is 16.3 Å². The number of amides is 1. The number of aromatic nitrogens is 3. The van der Waals surface area contributed by atoms with E-state index in [2.05, 4.69) is 25.6 Å². The van der Waals surface area contributed by atoms with Gasteiger partial charge in [0.1, 0.15) is 0 Å². The minimum atomic E-state index is -0.0144. The molecule has 8 heteroatoms. The van der Waals surface area contributed by atoms with Crippen LogP contribution in [0, 0.1) is 0 Å². The van der Waals surface area contributed by atoms with Crippen LogP contribution >= 0.6 is 11.6 Å². The van der Waals surface area contributed by atoms with Crippen LogP contribution in [-0.2, 0) is 4.79 Å². The molecule has 1 amide bonds. The average molecular weight is 316 g/mol. The Hall–Kier alpha value is -1.63. The van der Waals surface area contributed by atoms with E-state index < -0.39 is 0 Å². The molecule has 7 nitrogen and oxygen atoms in total. The highest BCUT2D eigenvalue weighted by atomic mass is 35.5. The standard InChI is InChI=1S/C13H22ClN5O2/c1-4-8-21-13-18-11(14)17-12(19-13)15-7-6-10(20)16-9(3)5-2/h9H,4-8H2,1-3H3,(H,16,20)(H,15,17,18,19). The van der Waals surface area contributed by atoms with E-state index in [1.165, 1.54) is 0 Å². The third-order valence-electron chi connectivity index (χ3n) is 2.68. The minimum Gasteiger partial charge on any atom is -0.463 e. The lowest BCUT2D eigenvalue weighted by molar-refractivity contribution is -0.121. The second-order valence-electron chi connectivity index (χ2n) is 4.61. The number of anilines is 1. The van der Waals surface area contributed by atoms with E-state index in [1.54, 1.807) is 0 Å². The van der Waals surface area contributed by atoms with Gasteiger partial charge in [-0.15, -0.1) is 0 Å². The Kier molecular flexibility index (Phi) is 7.74. The molecule has 0 aliphatic rings. The van der Waals surface area contributed by atoms with Crippen LogP contribution in [0.2, 0.25) is 5.28 Å². The molecule has 2 N–H and O–H groups in total. The van der Waals surface area contributed by atoms with Crippen molar-refractivity contribution in [1.29, 1.82) is 0 Å². The van der Waals surface area contributed by atoms with Gasteiger partial charge in [0.05, 0.1) is 6.61 Å².